The van der Waals surface area contributed by atoms with Crippen molar-refractivity contribution >= 4 is 23.9 Å². The molecule has 0 aromatic heterocycles. The third-order valence-corrected chi connectivity index (χ3v) is 11.2. The van der Waals surface area contributed by atoms with Crippen LogP contribution in [0.3, 0.4) is 0 Å². The molecule has 0 bridgehead atoms. The molecule has 11 atom stereocenters. The molecule has 8 heteroatoms. The van der Waals surface area contributed by atoms with Crippen molar-refractivity contribution in [3.63, 3.8) is 0 Å². The highest BCUT2D eigenvalue weighted by molar-refractivity contribution is 5.67. The third kappa shape index (κ3) is 5.21. The van der Waals surface area contributed by atoms with E-state index in [1.54, 1.807) is 0 Å². The molecule has 4 fully saturated rings. The summed E-state index contributed by atoms with van der Waals surface area (Å²) in [6.45, 7) is 11.1. The molecule has 4 saturated carbocycles. The largest absolute Gasteiger partial charge is 0.481 e. The number of ether oxygens (including phenoxy) is 3. The number of carboxylic acids is 1. The van der Waals surface area contributed by atoms with Gasteiger partial charge in [-0.15, -0.1) is 0 Å². The molecule has 0 aliphatic heterocycles. The lowest BCUT2D eigenvalue weighted by Crippen LogP contribution is -2.63. The molecular weight excluding hydrogens is 488 g/mol. The number of carbonyl (C=O) groups is 4. The van der Waals surface area contributed by atoms with Crippen molar-refractivity contribution in [1.82, 2.24) is 0 Å². The number of aliphatic carboxylic acids is 1. The Morgan fingerprint density at radius 1 is 0.868 bits per heavy atom. The van der Waals surface area contributed by atoms with Crippen molar-refractivity contribution in [1.29, 1.82) is 0 Å². The average Bonchev–Trinajstić information content (AvgIpc) is 3.16. The summed E-state index contributed by atoms with van der Waals surface area (Å²) < 4.78 is 17.8. The normalized spacial score (nSPS) is 42.6. The summed E-state index contributed by atoms with van der Waals surface area (Å²) in [5, 5.41) is 9.31. The van der Waals surface area contributed by atoms with Gasteiger partial charge in [-0.2, -0.15) is 0 Å². The van der Waals surface area contributed by atoms with Crippen LogP contribution < -0.4 is 0 Å². The van der Waals surface area contributed by atoms with Gasteiger partial charge in [-0.05, 0) is 86.4 Å². The lowest BCUT2D eigenvalue weighted by Gasteiger charge is -2.64. The first-order valence-corrected chi connectivity index (χ1v) is 14.5. The van der Waals surface area contributed by atoms with E-state index in [0.717, 1.165) is 38.5 Å². The van der Waals surface area contributed by atoms with E-state index in [1.807, 2.05) is 0 Å². The highest BCUT2D eigenvalue weighted by atomic mass is 16.6. The molecule has 8 nitrogen and oxygen atoms in total. The van der Waals surface area contributed by atoms with Gasteiger partial charge >= 0.3 is 23.9 Å². The van der Waals surface area contributed by atoms with E-state index in [9.17, 15) is 24.3 Å². The second-order valence-corrected chi connectivity index (χ2v) is 13.2. The van der Waals surface area contributed by atoms with Gasteiger partial charge in [0.05, 0.1) is 0 Å². The molecule has 214 valence electrons. The molecule has 4 rings (SSSR count). The first-order chi connectivity index (χ1) is 17.8. The maximum absolute atomic E-state index is 12.4. The maximum Gasteiger partial charge on any atom is 0.303 e. The molecule has 4 aliphatic rings. The Hall–Kier alpha value is -2.12. The second kappa shape index (κ2) is 10.8. The van der Waals surface area contributed by atoms with Gasteiger partial charge in [0, 0.05) is 38.5 Å². The predicted molar refractivity (Wildman–Crippen MR) is 139 cm³/mol. The summed E-state index contributed by atoms with van der Waals surface area (Å²) in [5.41, 5.74) is -0.355. The van der Waals surface area contributed by atoms with Crippen molar-refractivity contribution in [3.05, 3.63) is 0 Å². The summed E-state index contributed by atoms with van der Waals surface area (Å²) in [6, 6.07) is 0. The van der Waals surface area contributed by atoms with Crippen LogP contribution in [0.1, 0.15) is 99.3 Å². The Labute approximate surface area is 226 Å². The molecule has 0 heterocycles. The van der Waals surface area contributed by atoms with E-state index in [2.05, 4.69) is 20.8 Å². The van der Waals surface area contributed by atoms with Crippen LogP contribution in [0.5, 0.6) is 0 Å². The van der Waals surface area contributed by atoms with Crippen molar-refractivity contribution in [2.45, 2.75) is 118 Å². The number of fused-ring (bicyclic) bond motifs is 5. The molecule has 38 heavy (non-hydrogen) atoms. The van der Waals surface area contributed by atoms with Crippen molar-refractivity contribution < 1.29 is 38.5 Å². The van der Waals surface area contributed by atoms with Crippen LogP contribution in [0.15, 0.2) is 0 Å². The number of carbonyl (C=O) groups excluding carboxylic acids is 3. The van der Waals surface area contributed by atoms with Gasteiger partial charge in [0.25, 0.3) is 0 Å². The number of hydrogen-bond acceptors (Lipinski definition) is 7. The molecule has 0 amide bonds. The minimum Gasteiger partial charge on any atom is -0.481 e. The summed E-state index contributed by atoms with van der Waals surface area (Å²) in [4.78, 5) is 47.7. The van der Waals surface area contributed by atoms with Crippen molar-refractivity contribution in [2.24, 2.45) is 46.3 Å². The Bertz CT molecular complexity index is 947. The smallest absolute Gasteiger partial charge is 0.303 e. The van der Waals surface area contributed by atoms with Crippen LogP contribution in [0.2, 0.25) is 0 Å². The van der Waals surface area contributed by atoms with Gasteiger partial charge in [-0.25, -0.2) is 0 Å². The Morgan fingerprint density at radius 3 is 2.13 bits per heavy atom. The molecule has 1 unspecified atom stereocenters. The van der Waals surface area contributed by atoms with Gasteiger partial charge < -0.3 is 19.3 Å². The maximum atomic E-state index is 12.4. The molecule has 0 radical (unpaired) electrons. The van der Waals surface area contributed by atoms with E-state index in [4.69, 9.17) is 14.2 Å². The molecule has 0 spiro atoms. The fraction of sp³-hybridized carbons (Fsp3) is 0.867. The molecule has 0 aromatic carbocycles. The number of esters is 3. The monoisotopic (exact) mass is 534 g/mol. The summed E-state index contributed by atoms with van der Waals surface area (Å²) in [6.07, 6.45) is 5.93. The quantitative estimate of drug-likeness (QED) is 0.352. The zero-order valence-electron chi connectivity index (χ0n) is 23.9. The molecule has 1 N–H and O–H groups in total. The first-order valence-electron chi connectivity index (χ1n) is 14.5. The summed E-state index contributed by atoms with van der Waals surface area (Å²) in [7, 11) is 0. The van der Waals surface area contributed by atoms with E-state index >= 15 is 0 Å². The fourth-order valence-electron chi connectivity index (χ4n) is 9.67. The Morgan fingerprint density at radius 2 is 1.53 bits per heavy atom. The second-order valence-electron chi connectivity index (χ2n) is 13.2. The van der Waals surface area contributed by atoms with Crippen LogP contribution in [0, 0.1) is 46.3 Å². The van der Waals surface area contributed by atoms with Crippen molar-refractivity contribution in [3.8, 4) is 0 Å². The van der Waals surface area contributed by atoms with Crippen LogP contribution >= 0.6 is 0 Å². The van der Waals surface area contributed by atoms with Crippen LogP contribution in [0.4, 0.5) is 0 Å². The van der Waals surface area contributed by atoms with Gasteiger partial charge in [-0.3, -0.25) is 19.2 Å². The first kappa shape index (κ1) is 28.9. The zero-order chi connectivity index (χ0) is 28.0. The molecular formula is C30H46O8. The van der Waals surface area contributed by atoms with E-state index < -0.39 is 5.97 Å². The van der Waals surface area contributed by atoms with Crippen molar-refractivity contribution in [2.75, 3.05) is 0 Å². The lowest BCUT2D eigenvalue weighted by atomic mass is 9.43. The topological polar surface area (TPSA) is 116 Å². The number of rotatable bonds is 7. The Kier molecular flexibility index (Phi) is 8.21. The van der Waals surface area contributed by atoms with Crippen LogP contribution in [-0.2, 0) is 33.4 Å². The van der Waals surface area contributed by atoms with Crippen LogP contribution in [0.25, 0.3) is 0 Å². The summed E-state index contributed by atoms with van der Waals surface area (Å²) >= 11 is 0. The highest BCUT2D eigenvalue weighted by Crippen LogP contribution is 2.69. The average molecular weight is 535 g/mol. The molecule has 4 aliphatic carbocycles. The SMILES string of the molecule is CC(=O)O[C@@H]1CC[C@@]2(C)[C@@H](C1)C[C@@H](OC(C)=O)[C@H]1[C@@H]2C[C@H](OC(C)=O)[C@]2(C)C([C@H](C)CCC(=O)O)CC[C@@H]12. The highest BCUT2D eigenvalue weighted by Gasteiger charge is 2.67. The minimum absolute atomic E-state index is 0.0370. The molecule has 0 aromatic rings. The number of carboxylic acid groups (broad SMARTS) is 1. The van der Waals surface area contributed by atoms with Gasteiger partial charge in [0.15, 0.2) is 0 Å². The lowest BCUT2D eigenvalue weighted by molar-refractivity contribution is -0.224. The third-order valence-electron chi connectivity index (χ3n) is 11.2. The van der Waals surface area contributed by atoms with E-state index in [1.165, 1.54) is 20.8 Å². The number of hydrogen-bond donors (Lipinski definition) is 1. The predicted octanol–water partition coefficient (Wildman–Crippen LogP) is 5.16. The molecule has 0 saturated heterocycles. The standard InChI is InChI=1S/C30H46O8/c1-16(7-10-27(34)35)22-8-9-23-28-24(15-26(30(22,23)6)38-19(4)33)29(5)12-11-21(36-17(2)31)13-20(29)14-25(28)37-18(3)32/h16,20-26,28H,7-15H2,1-6H3,(H,34,35)/t16-,20+,21-,22?,23+,24+,25-,26+,28-,29+,30-/m1/s1. The van der Waals surface area contributed by atoms with Gasteiger partial charge in [-0.1, -0.05) is 20.8 Å². The minimum atomic E-state index is -0.790. The van der Waals surface area contributed by atoms with Gasteiger partial charge in [0.1, 0.15) is 18.3 Å². The van der Waals surface area contributed by atoms with E-state index in [0.29, 0.717) is 12.8 Å². The van der Waals surface area contributed by atoms with E-state index in [-0.39, 0.29) is 89.0 Å². The van der Waals surface area contributed by atoms with Crippen LogP contribution in [-0.4, -0.2) is 47.3 Å². The zero-order valence-corrected chi connectivity index (χ0v) is 23.9. The van der Waals surface area contributed by atoms with Gasteiger partial charge in [0.2, 0.25) is 0 Å². The summed E-state index contributed by atoms with van der Waals surface area (Å²) in [5.74, 6) is -0.421. The Balaban J connectivity index is 1.71. The fourth-order valence-corrected chi connectivity index (χ4v) is 9.67.